The SMILES string of the molecule is C[C@H](C(=O)Nc1nc2ccc(C#N)cc2n1C1=CC=C1)C(C)(C)O. The summed E-state index contributed by atoms with van der Waals surface area (Å²) in [4.78, 5) is 16.9. The van der Waals surface area contributed by atoms with Crippen molar-refractivity contribution in [3.05, 3.63) is 42.0 Å². The fourth-order valence-electron chi connectivity index (χ4n) is 2.36. The number of benzene rings is 1. The highest BCUT2D eigenvalue weighted by molar-refractivity contribution is 5.96. The summed E-state index contributed by atoms with van der Waals surface area (Å²) in [5.74, 6) is -0.549. The van der Waals surface area contributed by atoms with Crippen LogP contribution in [0.3, 0.4) is 0 Å². The summed E-state index contributed by atoms with van der Waals surface area (Å²) in [6, 6.07) is 7.29. The zero-order valence-electron chi connectivity index (χ0n) is 13.7. The Balaban J connectivity index is 2.05. The Labute approximate surface area is 139 Å². The lowest BCUT2D eigenvalue weighted by Crippen LogP contribution is -2.38. The number of aliphatic hydroxyl groups is 1. The quantitative estimate of drug-likeness (QED) is 0.905. The zero-order valence-corrected chi connectivity index (χ0v) is 13.7. The second-order valence-electron chi connectivity index (χ2n) is 6.40. The van der Waals surface area contributed by atoms with Crippen LogP contribution in [-0.4, -0.2) is 26.2 Å². The summed E-state index contributed by atoms with van der Waals surface area (Å²) < 4.78 is 1.80. The minimum absolute atomic E-state index is 0.316. The van der Waals surface area contributed by atoms with Gasteiger partial charge in [-0.1, -0.05) is 13.0 Å². The minimum Gasteiger partial charge on any atom is -0.390 e. The number of rotatable bonds is 4. The third kappa shape index (κ3) is 2.70. The molecule has 0 radical (unpaired) electrons. The molecule has 6 heteroatoms. The molecule has 1 aliphatic carbocycles. The van der Waals surface area contributed by atoms with E-state index < -0.39 is 11.5 Å². The van der Waals surface area contributed by atoms with E-state index in [9.17, 15) is 9.90 Å². The standard InChI is InChI=1S/C18H18N4O2/c1-11(18(2,3)24)16(23)21-17-20-14-8-7-12(10-19)9-15(14)22(17)13-5-4-6-13/h4-9,11,24H,1-3H3,(H,20,21,23)/t11-/m1/s1. The Hall–Kier alpha value is -2.91. The van der Waals surface area contributed by atoms with Crippen LogP contribution < -0.4 is 5.32 Å². The number of nitriles is 1. The lowest BCUT2D eigenvalue weighted by molar-refractivity contribution is -0.126. The van der Waals surface area contributed by atoms with E-state index >= 15 is 0 Å². The van der Waals surface area contributed by atoms with E-state index in [4.69, 9.17) is 5.26 Å². The molecule has 1 atom stereocenters. The van der Waals surface area contributed by atoms with Crippen molar-refractivity contribution in [1.29, 1.82) is 5.26 Å². The van der Waals surface area contributed by atoms with E-state index in [2.05, 4.69) is 16.4 Å². The molecular weight excluding hydrogens is 304 g/mol. The molecule has 2 N–H and O–H groups in total. The summed E-state index contributed by atoms with van der Waals surface area (Å²) in [6.07, 6.45) is 5.69. The van der Waals surface area contributed by atoms with Crippen LogP contribution in [0.15, 0.2) is 36.4 Å². The lowest BCUT2D eigenvalue weighted by atomic mass is 9.92. The number of anilines is 1. The third-order valence-corrected chi connectivity index (χ3v) is 4.26. The Morgan fingerprint density at radius 1 is 1.46 bits per heavy atom. The second-order valence-corrected chi connectivity index (χ2v) is 6.40. The van der Waals surface area contributed by atoms with Gasteiger partial charge < -0.3 is 5.11 Å². The predicted octanol–water partition coefficient (Wildman–Crippen LogP) is 2.66. The first-order valence-electron chi connectivity index (χ1n) is 7.66. The molecule has 0 spiro atoms. The number of hydrogen-bond donors (Lipinski definition) is 2. The summed E-state index contributed by atoms with van der Waals surface area (Å²) in [7, 11) is 0. The zero-order chi connectivity index (χ0) is 17.5. The van der Waals surface area contributed by atoms with Gasteiger partial charge in [-0.2, -0.15) is 5.26 Å². The summed E-state index contributed by atoms with van der Waals surface area (Å²) in [5, 5.41) is 21.9. The van der Waals surface area contributed by atoms with E-state index in [1.165, 1.54) is 0 Å². The van der Waals surface area contributed by atoms with Crippen LogP contribution in [0, 0.1) is 17.2 Å². The maximum Gasteiger partial charge on any atom is 0.232 e. The van der Waals surface area contributed by atoms with Gasteiger partial charge in [0.1, 0.15) is 0 Å². The highest BCUT2D eigenvalue weighted by Gasteiger charge is 2.30. The molecule has 0 fully saturated rings. The molecule has 3 rings (SSSR count). The smallest absolute Gasteiger partial charge is 0.232 e. The lowest BCUT2D eigenvalue weighted by Gasteiger charge is -2.24. The number of aromatic nitrogens is 2. The Kier molecular flexibility index (Phi) is 3.74. The summed E-state index contributed by atoms with van der Waals surface area (Å²) in [5.41, 5.74) is 1.69. The van der Waals surface area contributed by atoms with Crippen molar-refractivity contribution in [2.24, 2.45) is 5.92 Å². The Morgan fingerprint density at radius 2 is 2.17 bits per heavy atom. The Morgan fingerprint density at radius 3 is 2.71 bits per heavy atom. The first-order valence-corrected chi connectivity index (χ1v) is 7.66. The van der Waals surface area contributed by atoms with Crippen molar-refractivity contribution in [2.45, 2.75) is 26.4 Å². The predicted molar refractivity (Wildman–Crippen MR) is 92.0 cm³/mol. The molecule has 1 heterocycles. The highest BCUT2D eigenvalue weighted by Crippen LogP contribution is 2.29. The van der Waals surface area contributed by atoms with Crippen LogP contribution in [0.5, 0.6) is 0 Å². The van der Waals surface area contributed by atoms with Gasteiger partial charge in [-0.05, 0) is 44.2 Å². The average Bonchev–Trinajstić information content (AvgIpc) is 2.81. The van der Waals surface area contributed by atoms with Crippen molar-refractivity contribution in [2.75, 3.05) is 5.32 Å². The molecule has 122 valence electrons. The van der Waals surface area contributed by atoms with Gasteiger partial charge in [0.2, 0.25) is 11.9 Å². The van der Waals surface area contributed by atoms with E-state index in [0.29, 0.717) is 17.0 Å². The molecule has 1 amide bonds. The number of fused-ring (bicyclic) bond motifs is 1. The van der Waals surface area contributed by atoms with Crippen molar-refractivity contribution in [1.82, 2.24) is 9.55 Å². The van der Waals surface area contributed by atoms with Gasteiger partial charge in [-0.3, -0.25) is 14.7 Å². The van der Waals surface area contributed by atoms with Gasteiger partial charge in [0.05, 0.1) is 34.2 Å². The number of carbonyl (C=O) groups is 1. The summed E-state index contributed by atoms with van der Waals surface area (Å²) >= 11 is 0. The molecule has 1 aliphatic rings. The number of carbonyl (C=O) groups excluding carboxylic acids is 1. The first kappa shape index (κ1) is 16.0. The van der Waals surface area contributed by atoms with Crippen LogP contribution >= 0.6 is 0 Å². The molecule has 0 aliphatic heterocycles. The van der Waals surface area contributed by atoms with Gasteiger partial charge in [0, 0.05) is 5.70 Å². The fourth-order valence-corrected chi connectivity index (χ4v) is 2.36. The maximum absolute atomic E-state index is 12.4. The van der Waals surface area contributed by atoms with E-state index in [1.807, 2.05) is 18.2 Å². The molecule has 2 aromatic rings. The molecule has 24 heavy (non-hydrogen) atoms. The molecule has 1 aromatic carbocycles. The average molecular weight is 322 g/mol. The van der Waals surface area contributed by atoms with E-state index in [-0.39, 0.29) is 5.91 Å². The second kappa shape index (κ2) is 5.62. The number of nitrogens with one attached hydrogen (secondary N) is 1. The van der Waals surface area contributed by atoms with Crippen molar-refractivity contribution < 1.29 is 9.90 Å². The molecular formula is C18H18N4O2. The van der Waals surface area contributed by atoms with Crippen LogP contribution in [0.2, 0.25) is 0 Å². The van der Waals surface area contributed by atoms with E-state index in [1.54, 1.807) is 43.5 Å². The molecule has 0 unspecified atom stereocenters. The van der Waals surface area contributed by atoms with Crippen molar-refractivity contribution in [3.8, 4) is 6.07 Å². The Bertz CT molecular complexity index is 923. The molecule has 0 saturated carbocycles. The van der Waals surface area contributed by atoms with Gasteiger partial charge in [-0.25, -0.2) is 4.98 Å². The minimum atomic E-state index is -1.13. The van der Waals surface area contributed by atoms with Crippen LogP contribution in [-0.2, 0) is 4.79 Å². The normalized spacial score (nSPS) is 14.7. The van der Waals surface area contributed by atoms with E-state index in [0.717, 1.165) is 11.2 Å². The molecule has 0 saturated heterocycles. The molecule has 6 nitrogen and oxygen atoms in total. The maximum atomic E-state index is 12.4. The van der Waals surface area contributed by atoms with Crippen LogP contribution in [0.25, 0.3) is 16.7 Å². The van der Waals surface area contributed by atoms with Crippen molar-refractivity contribution in [3.63, 3.8) is 0 Å². The van der Waals surface area contributed by atoms with Gasteiger partial charge in [0.25, 0.3) is 0 Å². The number of hydrogen-bond acceptors (Lipinski definition) is 4. The van der Waals surface area contributed by atoms with Gasteiger partial charge in [-0.15, -0.1) is 0 Å². The van der Waals surface area contributed by atoms with Crippen molar-refractivity contribution >= 4 is 28.6 Å². The number of allylic oxidation sites excluding steroid dienone is 4. The number of amides is 1. The number of nitrogens with zero attached hydrogens (tertiary/aromatic N) is 3. The monoisotopic (exact) mass is 322 g/mol. The summed E-state index contributed by atoms with van der Waals surface area (Å²) in [6.45, 7) is 4.85. The van der Waals surface area contributed by atoms with Gasteiger partial charge >= 0.3 is 0 Å². The largest absolute Gasteiger partial charge is 0.390 e. The first-order chi connectivity index (χ1) is 11.3. The molecule has 1 aromatic heterocycles. The van der Waals surface area contributed by atoms with Crippen LogP contribution in [0.1, 0.15) is 26.3 Å². The number of imidazole rings is 1. The highest BCUT2D eigenvalue weighted by atomic mass is 16.3. The topological polar surface area (TPSA) is 90.9 Å². The van der Waals surface area contributed by atoms with Gasteiger partial charge in [0.15, 0.2) is 0 Å². The molecule has 0 bridgehead atoms. The van der Waals surface area contributed by atoms with Crippen LogP contribution in [0.4, 0.5) is 5.95 Å². The fraction of sp³-hybridized carbons (Fsp3) is 0.278. The third-order valence-electron chi connectivity index (χ3n) is 4.26.